The first-order chi connectivity index (χ1) is 11.7. The van der Waals surface area contributed by atoms with Crippen molar-refractivity contribution in [3.05, 3.63) is 59.7 Å². The van der Waals surface area contributed by atoms with Crippen molar-refractivity contribution in [2.24, 2.45) is 4.99 Å². The molecular weight excluding hydrogens is 307 g/mol. The van der Waals surface area contributed by atoms with Gasteiger partial charge in [-0.2, -0.15) is 0 Å². The van der Waals surface area contributed by atoms with E-state index in [0.29, 0.717) is 18.2 Å². The predicted molar refractivity (Wildman–Crippen MR) is 93.7 cm³/mol. The summed E-state index contributed by atoms with van der Waals surface area (Å²) >= 11 is 0. The molecule has 0 aliphatic heterocycles. The van der Waals surface area contributed by atoms with E-state index in [2.05, 4.69) is 20.6 Å². The molecule has 128 valence electrons. The van der Waals surface area contributed by atoms with Gasteiger partial charge in [-0.05, 0) is 37.1 Å². The number of para-hydroxylation sites is 1. The molecular formula is C18H23FN4O. The van der Waals surface area contributed by atoms with Crippen LogP contribution in [0, 0.1) is 5.82 Å². The molecule has 0 aliphatic rings. The predicted octanol–water partition coefficient (Wildman–Crippen LogP) is 2.53. The minimum atomic E-state index is -0.342. The number of halogens is 1. The monoisotopic (exact) mass is 330 g/mol. The Morgan fingerprint density at radius 1 is 1.21 bits per heavy atom. The van der Waals surface area contributed by atoms with Crippen LogP contribution in [0.5, 0.6) is 5.75 Å². The van der Waals surface area contributed by atoms with Crippen LogP contribution in [-0.2, 0) is 13.0 Å². The van der Waals surface area contributed by atoms with Crippen molar-refractivity contribution in [1.82, 2.24) is 15.6 Å². The van der Waals surface area contributed by atoms with E-state index in [1.807, 2.05) is 31.2 Å². The molecule has 5 nitrogen and oxygen atoms in total. The summed E-state index contributed by atoms with van der Waals surface area (Å²) in [5.74, 6) is 1.17. The maximum Gasteiger partial charge on any atom is 0.191 e. The van der Waals surface area contributed by atoms with Crippen molar-refractivity contribution in [2.45, 2.75) is 19.9 Å². The summed E-state index contributed by atoms with van der Waals surface area (Å²) < 4.78 is 18.9. The third-order valence-electron chi connectivity index (χ3n) is 3.45. The second-order valence-electron chi connectivity index (χ2n) is 5.12. The van der Waals surface area contributed by atoms with Crippen LogP contribution < -0.4 is 15.4 Å². The third-order valence-corrected chi connectivity index (χ3v) is 3.45. The summed E-state index contributed by atoms with van der Waals surface area (Å²) in [7, 11) is 1.67. The fourth-order valence-electron chi connectivity index (χ4n) is 2.26. The topological polar surface area (TPSA) is 58.5 Å². The number of aromatic nitrogens is 1. The SMILES string of the molecule is CCNC(=NCc1ncccc1F)NCCc1ccccc1OC. The highest BCUT2D eigenvalue weighted by atomic mass is 19.1. The summed E-state index contributed by atoms with van der Waals surface area (Å²) in [4.78, 5) is 8.39. The lowest BCUT2D eigenvalue weighted by molar-refractivity contribution is 0.409. The second kappa shape index (κ2) is 9.50. The lowest BCUT2D eigenvalue weighted by Crippen LogP contribution is -2.38. The van der Waals surface area contributed by atoms with Gasteiger partial charge in [0.25, 0.3) is 0 Å². The quantitative estimate of drug-likeness (QED) is 0.605. The maximum absolute atomic E-state index is 13.6. The number of nitrogens with one attached hydrogen (secondary N) is 2. The number of ether oxygens (including phenoxy) is 1. The van der Waals surface area contributed by atoms with Crippen LogP contribution in [0.1, 0.15) is 18.2 Å². The lowest BCUT2D eigenvalue weighted by atomic mass is 10.1. The second-order valence-corrected chi connectivity index (χ2v) is 5.12. The number of benzene rings is 1. The summed E-state index contributed by atoms with van der Waals surface area (Å²) in [5, 5.41) is 6.39. The molecule has 0 unspecified atom stereocenters. The Kier molecular flexibility index (Phi) is 7.01. The number of pyridine rings is 1. The van der Waals surface area contributed by atoms with E-state index in [1.165, 1.54) is 6.07 Å². The van der Waals surface area contributed by atoms with E-state index in [-0.39, 0.29) is 12.4 Å². The minimum Gasteiger partial charge on any atom is -0.496 e. The van der Waals surface area contributed by atoms with Gasteiger partial charge in [-0.25, -0.2) is 9.38 Å². The van der Waals surface area contributed by atoms with Gasteiger partial charge < -0.3 is 15.4 Å². The van der Waals surface area contributed by atoms with Crippen molar-refractivity contribution in [3.63, 3.8) is 0 Å². The van der Waals surface area contributed by atoms with E-state index in [1.54, 1.807) is 19.4 Å². The Hall–Kier alpha value is -2.63. The van der Waals surface area contributed by atoms with Gasteiger partial charge >= 0.3 is 0 Å². The molecule has 0 radical (unpaired) electrons. The molecule has 0 spiro atoms. The molecule has 1 aromatic heterocycles. The van der Waals surface area contributed by atoms with Crippen LogP contribution >= 0.6 is 0 Å². The molecule has 0 atom stereocenters. The highest BCUT2D eigenvalue weighted by molar-refractivity contribution is 5.79. The van der Waals surface area contributed by atoms with Gasteiger partial charge in [-0.15, -0.1) is 0 Å². The van der Waals surface area contributed by atoms with Gasteiger partial charge in [0.2, 0.25) is 0 Å². The molecule has 1 heterocycles. The Labute approximate surface area is 142 Å². The smallest absolute Gasteiger partial charge is 0.191 e. The zero-order valence-corrected chi connectivity index (χ0v) is 14.1. The molecule has 0 saturated heterocycles. The van der Waals surface area contributed by atoms with E-state index < -0.39 is 0 Å². The van der Waals surface area contributed by atoms with Gasteiger partial charge in [0.15, 0.2) is 5.96 Å². The average Bonchev–Trinajstić information content (AvgIpc) is 2.61. The van der Waals surface area contributed by atoms with Crippen molar-refractivity contribution < 1.29 is 9.13 Å². The van der Waals surface area contributed by atoms with Crippen LogP contribution in [0.15, 0.2) is 47.6 Å². The summed E-state index contributed by atoms with van der Waals surface area (Å²) in [6.07, 6.45) is 2.36. The summed E-state index contributed by atoms with van der Waals surface area (Å²) in [6, 6.07) is 10.9. The van der Waals surface area contributed by atoms with E-state index in [4.69, 9.17) is 4.74 Å². The van der Waals surface area contributed by atoms with Crippen LogP contribution in [0.2, 0.25) is 0 Å². The maximum atomic E-state index is 13.6. The molecule has 2 rings (SSSR count). The Balaban J connectivity index is 1.93. The summed E-state index contributed by atoms with van der Waals surface area (Å²) in [6.45, 7) is 3.59. The van der Waals surface area contributed by atoms with E-state index in [9.17, 15) is 4.39 Å². The van der Waals surface area contributed by atoms with Crippen molar-refractivity contribution in [1.29, 1.82) is 0 Å². The van der Waals surface area contributed by atoms with Crippen LogP contribution in [0.3, 0.4) is 0 Å². The average molecular weight is 330 g/mol. The van der Waals surface area contributed by atoms with Crippen LogP contribution in [0.4, 0.5) is 4.39 Å². The van der Waals surface area contributed by atoms with Gasteiger partial charge in [-0.3, -0.25) is 4.98 Å². The number of hydrogen-bond donors (Lipinski definition) is 2. The number of rotatable bonds is 7. The fourth-order valence-corrected chi connectivity index (χ4v) is 2.26. The third kappa shape index (κ3) is 5.22. The Morgan fingerprint density at radius 2 is 2.04 bits per heavy atom. The molecule has 2 aromatic rings. The van der Waals surface area contributed by atoms with Gasteiger partial charge in [0.1, 0.15) is 11.6 Å². The Bertz CT molecular complexity index is 676. The number of aliphatic imine (C=N–C) groups is 1. The molecule has 0 amide bonds. The normalized spacial score (nSPS) is 11.2. The molecule has 0 fully saturated rings. The zero-order chi connectivity index (χ0) is 17.2. The van der Waals surface area contributed by atoms with Crippen molar-refractivity contribution in [3.8, 4) is 5.75 Å². The van der Waals surface area contributed by atoms with Crippen molar-refractivity contribution >= 4 is 5.96 Å². The number of guanidine groups is 1. The largest absolute Gasteiger partial charge is 0.496 e. The number of hydrogen-bond acceptors (Lipinski definition) is 3. The first-order valence-corrected chi connectivity index (χ1v) is 7.98. The van der Waals surface area contributed by atoms with Gasteiger partial charge in [0, 0.05) is 19.3 Å². The van der Waals surface area contributed by atoms with Crippen molar-refractivity contribution in [2.75, 3.05) is 20.2 Å². The molecule has 6 heteroatoms. The molecule has 1 aromatic carbocycles. The van der Waals surface area contributed by atoms with E-state index in [0.717, 1.165) is 24.3 Å². The molecule has 24 heavy (non-hydrogen) atoms. The lowest BCUT2D eigenvalue weighted by Gasteiger charge is -2.12. The number of methoxy groups -OCH3 is 1. The fraction of sp³-hybridized carbons (Fsp3) is 0.333. The first-order valence-electron chi connectivity index (χ1n) is 7.98. The highest BCUT2D eigenvalue weighted by Gasteiger charge is 2.04. The number of nitrogens with zero attached hydrogens (tertiary/aromatic N) is 2. The van der Waals surface area contributed by atoms with Gasteiger partial charge in [0.05, 0.1) is 19.3 Å². The highest BCUT2D eigenvalue weighted by Crippen LogP contribution is 2.17. The molecule has 2 N–H and O–H groups in total. The van der Waals surface area contributed by atoms with Gasteiger partial charge in [-0.1, -0.05) is 18.2 Å². The standard InChI is InChI=1S/C18H23FN4O/c1-3-20-18(23-13-16-15(19)8-6-11-21-16)22-12-10-14-7-4-5-9-17(14)24-2/h4-9,11H,3,10,12-13H2,1-2H3,(H2,20,22,23). The Morgan fingerprint density at radius 3 is 2.79 bits per heavy atom. The molecule has 0 saturated carbocycles. The van der Waals surface area contributed by atoms with Crippen LogP contribution in [0.25, 0.3) is 0 Å². The molecule has 0 aliphatic carbocycles. The van der Waals surface area contributed by atoms with Crippen LogP contribution in [-0.4, -0.2) is 31.1 Å². The summed E-state index contributed by atoms with van der Waals surface area (Å²) in [5.41, 5.74) is 1.46. The molecule has 0 bridgehead atoms. The minimum absolute atomic E-state index is 0.191. The first kappa shape index (κ1) is 17.7. The van der Waals surface area contributed by atoms with E-state index >= 15 is 0 Å². The zero-order valence-electron chi connectivity index (χ0n) is 14.1.